The van der Waals surface area contributed by atoms with E-state index in [1.54, 1.807) is 0 Å². The molecule has 0 radical (unpaired) electrons. The number of carboxylic acids is 3. The zero-order valence-corrected chi connectivity index (χ0v) is 17.5. The second-order valence-electron chi connectivity index (χ2n) is 7.26. The lowest BCUT2D eigenvalue weighted by Gasteiger charge is -2.02. The molecule has 0 bridgehead atoms. The Bertz CT molecular complexity index is 400. The highest BCUT2D eigenvalue weighted by molar-refractivity contribution is 5.74. The van der Waals surface area contributed by atoms with Gasteiger partial charge in [0.15, 0.2) is 0 Å². The summed E-state index contributed by atoms with van der Waals surface area (Å²) in [6, 6.07) is -1.06. The molecule has 0 saturated heterocycles. The summed E-state index contributed by atoms with van der Waals surface area (Å²) in [6.45, 7) is 2.26. The zero-order chi connectivity index (χ0) is 21.6. The minimum absolute atomic E-state index is 0.0231. The Labute approximate surface area is 169 Å². The van der Waals surface area contributed by atoms with Gasteiger partial charge in [-0.25, -0.2) is 0 Å². The molecule has 7 heteroatoms. The summed E-state index contributed by atoms with van der Waals surface area (Å²) in [5.41, 5.74) is 5.00. The standard InChI is InChI=1S/C16H32O2.C5H9NO4/c1-2-3-4-5-6-7-8-9-10-11-12-13-14-15-16(17)18;6-3(5(9)10)1-2-4(7)8/h2-15H2,1H3,(H,17,18);3H,1-2,6H2,(H,7,8)(H,9,10). The summed E-state index contributed by atoms with van der Waals surface area (Å²) in [4.78, 5) is 30.2. The predicted molar refractivity (Wildman–Crippen MR) is 110 cm³/mol. The third-order valence-electron chi connectivity index (χ3n) is 4.48. The summed E-state index contributed by atoms with van der Waals surface area (Å²) in [7, 11) is 0. The van der Waals surface area contributed by atoms with Gasteiger partial charge in [-0.1, -0.05) is 84.0 Å². The Kier molecular flexibility index (Phi) is 22.1. The first kappa shape index (κ1) is 28.6. The molecule has 0 spiro atoms. The van der Waals surface area contributed by atoms with Crippen LogP contribution in [0.15, 0.2) is 0 Å². The van der Waals surface area contributed by atoms with Crippen LogP contribution in [-0.2, 0) is 14.4 Å². The summed E-state index contributed by atoms with van der Waals surface area (Å²) >= 11 is 0. The fourth-order valence-electron chi connectivity index (χ4n) is 2.70. The topological polar surface area (TPSA) is 138 Å². The maximum atomic E-state index is 10.3. The van der Waals surface area contributed by atoms with Gasteiger partial charge < -0.3 is 21.1 Å². The quantitative estimate of drug-likeness (QED) is 0.241. The van der Waals surface area contributed by atoms with E-state index >= 15 is 0 Å². The van der Waals surface area contributed by atoms with Crippen LogP contribution in [0.25, 0.3) is 0 Å². The van der Waals surface area contributed by atoms with E-state index in [4.69, 9.17) is 21.1 Å². The van der Waals surface area contributed by atoms with Crippen molar-refractivity contribution in [2.75, 3.05) is 0 Å². The average Bonchev–Trinajstić information content (AvgIpc) is 2.63. The van der Waals surface area contributed by atoms with Gasteiger partial charge in [0.25, 0.3) is 0 Å². The second kappa shape index (κ2) is 21.7. The van der Waals surface area contributed by atoms with Gasteiger partial charge in [-0.2, -0.15) is 0 Å². The summed E-state index contributed by atoms with van der Waals surface area (Å²) in [6.07, 6.45) is 17.0. The van der Waals surface area contributed by atoms with Crippen LogP contribution in [0, 0.1) is 0 Å². The normalized spacial score (nSPS) is 11.4. The predicted octanol–water partition coefficient (Wildman–Crippen LogP) is 4.82. The minimum Gasteiger partial charge on any atom is -0.481 e. The number of unbranched alkanes of at least 4 members (excludes halogenated alkanes) is 12. The average molecular weight is 404 g/mol. The molecule has 0 rings (SSSR count). The molecule has 0 aromatic rings. The first-order valence-corrected chi connectivity index (χ1v) is 10.7. The van der Waals surface area contributed by atoms with Crippen LogP contribution in [0.3, 0.4) is 0 Å². The highest BCUT2D eigenvalue weighted by Gasteiger charge is 2.12. The van der Waals surface area contributed by atoms with Crippen LogP contribution in [0.5, 0.6) is 0 Å². The molecule has 0 aliphatic heterocycles. The number of hydrogen-bond acceptors (Lipinski definition) is 4. The maximum Gasteiger partial charge on any atom is 0.320 e. The molecule has 0 aromatic carbocycles. The molecule has 0 aromatic heterocycles. The van der Waals surface area contributed by atoms with E-state index in [1.165, 1.54) is 70.6 Å². The van der Waals surface area contributed by atoms with Gasteiger partial charge in [0.05, 0.1) is 0 Å². The number of aliphatic carboxylic acids is 3. The van der Waals surface area contributed by atoms with E-state index in [9.17, 15) is 14.4 Å². The molecule has 0 saturated carbocycles. The van der Waals surface area contributed by atoms with Crippen molar-refractivity contribution in [1.29, 1.82) is 0 Å². The fourth-order valence-corrected chi connectivity index (χ4v) is 2.70. The van der Waals surface area contributed by atoms with Crippen LogP contribution in [0.1, 0.15) is 110 Å². The Morgan fingerprint density at radius 3 is 1.32 bits per heavy atom. The molecule has 0 heterocycles. The van der Waals surface area contributed by atoms with Gasteiger partial charge in [-0.3, -0.25) is 14.4 Å². The smallest absolute Gasteiger partial charge is 0.320 e. The molecule has 28 heavy (non-hydrogen) atoms. The lowest BCUT2D eigenvalue weighted by molar-refractivity contribution is -0.140. The van der Waals surface area contributed by atoms with Gasteiger partial charge in [0.1, 0.15) is 6.04 Å². The van der Waals surface area contributed by atoms with E-state index in [-0.39, 0.29) is 12.8 Å². The van der Waals surface area contributed by atoms with Crippen molar-refractivity contribution >= 4 is 17.9 Å². The summed E-state index contributed by atoms with van der Waals surface area (Å²) in [5.74, 6) is -2.85. The first-order valence-electron chi connectivity index (χ1n) is 10.7. The largest absolute Gasteiger partial charge is 0.481 e. The Morgan fingerprint density at radius 2 is 1.00 bits per heavy atom. The van der Waals surface area contributed by atoms with Crippen molar-refractivity contribution in [3.8, 4) is 0 Å². The SMILES string of the molecule is CCCCCCCCCCCCCCCC(=O)O.NC(CCC(=O)O)C(=O)O. The van der Waals surface area contributed by atoms with Gasteiger partial charge in [0, 0.05) is 12.8 Å². The molecule has 0 amide bonds. The molecule has 1 atom stereocenters. The first-order chi connectivity index (χ1) is 13.3. The Balaban J connectivity index is 0. The van der Waals surface area contributed by atoms with Crippen molar-refractivity contribution in [3.63, 3.8) is 0 Å². The summed E-state index contributed by atoms with van der Waals surface area (Å²) < 4.78 is 0. The highest BCUT2D eigenvalue weighted by atomic mass is 16.4. The van der Waals surface area contributed by atoms with Gasteiger partial charge >= 0.3 is 17.9 Å². The number of carbonyl (C=O) groups is 3. The molecule has 1 unspecified atom stereocenters. The second-order valence-corrected chi connectivity index (χ2v) is 7.26. The van der Waals surface area contributed by atoms with Gasteiger partial charge in [-0.05, 0) is 12.8 Å². The van der Waals surface area contributed by atoms with E-state index in [0.717, 1.165) is 12.8 Å². The van der Waals surface area contributed by atoms with Crippen LogP contribution in [-0.4, -0.2) is 39.3 Å². The lowest BCUT2D eigenvalue weighted by Crippen LogP contribution is -2.30. The zero-order valence-electron chi connectivity index (χ0n) is 17.5. The molecule has 7 nitrogen and oxygen atoms in total. The van der Waals surface area contributed by atoms with Crippen molar-refractivity contribution in [2.45, 2.75) is 116 Å². The third-order valence-corrected chi connectivity index (χ3v) is 4.48. The molecule has 0 aliphatic carbocycles. The van der Waals surface area contributed by atoms with Crippen LogP contribution >= 0.6 is 0 Å². The van der Waals surface area contributed by atoms with Gasteiger partial charge in [-0.15, -0.1) is 0 Å². The Hall–Kier alpha value is -1.63. The maximum absolute atomic E-state index is 10.3. The van der Waals surface area contributed by atoms with Gasteiger partial charge in [0.2, 0.25) is 0 Å². The number of carboxylic acid groups (broad SMARTS) is 3. The van der Waals surface area contributed by atoms with Crippen molar-refractivity contribution in [3.05, 3.63) is 0 Å². The summed E-state index contributed by atoms with van der Waals surface area (Å²) in [5, 5.41) is 24.8. The van der Waals surface area contributed by atoms with Crippen molar-refractivity contribution in [1.82, 2.24) is 0 Å². The Morgan fingerprint density at radius 1 is 0.643 bits per heavy atom. The third kappa shape index (κ3) is 26.6. The monoisotopic (exact) mass is 403 g/mol. The van der Waals surface area contributed by atoms with Crippen molar-refractivity contribution in [2.24, 2.45) is 5.73 Å². The molecular weight excluding hydrogens is 362 g/mol. The van der Waals surface area contributed by atoms with E-state index in [0.29, 0.717) is 6.42 Å². The number of nitrogens with two attached hydrogens (primary N) is 1. The van der Waals surface area contributed by atoms with E-state index in [2.05, 4.69) is 6.92 Å². The number of hydrogen-bond donors (Lipinski definition) is 4. The lowest BCUT2D eigenvalue weighted by atomic mass is 10.0. The molecular formula is C21H41NO6. The molecule has 166 valence electrons. The molecule has 0 aliphatic rings. The van der Waals surface area contributed by atoms with Crippen molar-refractivity contribution < 1.29 is 29.7 Å². The highest BCUT2D eigenvalue weighted by Crippen LogP contribution is 2.12. The van der Waals surface area contributed by atoms with Crippen LogP contribution < -0.4 is 5.73 Å². The number of rotatable bonds is 18. The molecule has 0 fully saturated rings. The van der Waals surface area contributed by atoms with E-state index < -0.39 is 23.9 Å². The van der Waals surface area contributed by atoms with E-state index in [1.807, 2.05) is 0 Å². The molecule has 5 N–H and O–H groups in total. The van der Waals surface area contributed by atoms with Crippen LogP contribution in [0.4, 0.5) is 0 Å². The fraction of sp³-hybridized carbons (Fsp3) is 0.857. The van der Waals surface area contributed by atoms with Crippen LogP contribution in [0.2, 0.25) is 0 Å². The minimum atomic E-state index is -1.17.